The Morgan fingerprint density at radius 3 is 2.28 bits per heavy atom. The Hall–Kier alpha value is -1.75. The molecular formula is C20H31N3O2. The lowest BCUT2D eigenvalue weighted by molar-refractivity contribution is -0.142. The maximum Gasteiger partial charge on any atom is 0.240 e. The summed E-state index contributed by atoms with van der Waals surface area (Å²) in [7, 11) is 0. The summed E-state index contributed by atoms with van der Waals surface area (Å²) < 4.78 is 0. The van der Waals surface area contributed by atoms with Gasteiger partial charge in [-0.3, -0.25) is 9.69 Å². The second-order valence-electron chi connectivity index (χ2n) is 7.56. The molecule has 5 heteroatoms. The Labute approximate surface area is 151 Å². The molecule has 25 heavy (non-hydrogen) atoms. The van der Waals surface area contributed by atoms with Crippen LogP contribution < -0.4 is 4.90 Å². The monoisotopic (exact) mass is 345 g/mol. The van der Waals surface area contributed by atoms with E-state index in [0.29, 0.717) is 17.8 Å². The average molecular weight is 345 g/mol. The maximum atomic E-state index is 13.1. The molecule has 1 aromatic rings. The average Bonchev–Trinajstić information content (AvgIpc) is 2.61. The molecule has 2 heterocycles. The van der Waals surface area contributed by atoms with E-state index in [1.165, 1.54) is 6.42 Å². The third kappa shape index (κ3) is 3.76. The number of rotatable bonds is 3. The number of para-hydroxylation sites is 2. The lowest BCUT2D eigenvalue weighted by atomic mass is 9.96. The summed E-state index contributed by atoms with van der Waals surface area (Å²) in [6.07, 6.45) is 3.45. The van der Waals surface area contributed by atoms with Gasteiger partial charge in [-0.2, -0.15) is 0 Å². The van der Waals surface area contributed by atoms with Crippen LogP contribution in [-0.2, 0) is 4.79 Å². The Bertz CT molecular complexity index is 588. The van der Waals surface area contributed by atoms with Crippen LogP contribution in [0.1, 0.15) is 40.0 Å². The first-order valence-corrected chi connectivity index (χ1v) is 9.58. The number of piperazine rings is 1. The minimum atomic E-state index is -0.0745. The second-order valence-corrected chi connectivity index (χ2v) is 7.56. The van der Waals surface area contributed by atoms with Crippen molar-refractivity contribution in [2.45, 2.75) is 58.2 Å². The Balaban J connectivity index is 1.60. The van der Waals surface area contributed by atoms with E-state index in [4.69, 9.17) is 0 Å². The van der Waals surface area contributed by atoms with Gasteiger partial charge >= 0.3 is 0 Å². The molecule has 0 aliphatic carbocycles. The van der Waals surface area contributed by atoms with Crippen molar-refractivity contribution in [1.82, 2.24) is 9.80 Å². The number of hydrogen-bond acceptors (Lipinski definition) is 4. The number of likely N-dealkylation sites (tertiary alicyclic amines) is 1. The van der Waals surface area contributed by atoms with Crippen LogP contribution >= 0.6 is 0 Å². The third-order valence-electron chi connectivity index (χ3n) is 5.89. The zero-order valence-corrected chi connectivity index (χ0v) is 15.7. The van der Waals surface area contributed by atoms with Gasteiger partial charge in [0.25, 0.3) is 0 Å². The smallest absolute Gasteiger partial charge is 0.240 e. The Morgan fingerprint density at radius 2 is 1.68 bits per heavy atom. The molecule has 0 bridgehead atoms. The molecule has 1 amide bonds. The molecule has 138 valence electrons. The zero-order valence-electron chi connectivity index (χ0n) is 15.7. The summed E-state index contributed by atoms with van der Waals surface area (Å²) >= 11 is 0. The molecule has 2 fully saturated rings. The summed E-state index contributed by atoms with van der Waals surface area (Å²) in [4.78, 5) is 19.7. The minimum absolute atomic E-state index is 0.0745. The van der Waals surface area contributed by atoms with E-state index in [1.807, 2.05) is 25.1 Å². The van der Waals surface area contributed by atoms with Gasteiger partial charge in [0, 0.05) is 38.3 Å². The Morgan fingerprint density at radius 1 is 1.08 bits per heavy atom. The molecule has 1 N–H and O–H groups in total. The van der Waals surface area contributed by atoms with Crippen LogP contribution in [0.15, 0.2) is 24.3 Å². The first-order valence-electron chi connectivity index (χ1n) is 9.58. The van der Waals surface area contributed by atoms with Crippen molar-refractivity contribution in [3.05, 3.63) is 24.3 Å². The predicted octanol–water partition coefficient (Wildman–Crippen LogP) is 2.69. The highest BCUT2D eigenvalue weighted by Gasteiger charge is 2.35. The molecular weight excluding hydrogens is 314 g/mol. The van der Waals surface area contributed by atoms with Crippen LogP contribution in [0.5, 0.6) is 5.75 Å². The molecule has 2 aliphatic rings. The number of phenols is 1. The van der Waals surface area contributed by atoms with Crippen molar-refractivity contribution < 1.29 is 9.90 Å². The number of hydrogen-bond donors (Lipinski definition) is 1. The fourth-order valence-corrected chi connectivity index (χ4v) is 4.31. The van der Waals surface area contributed by atoms with Gasteiger partial charge in [-0.15, -0.1) is 0 Å². The number of aromatic hydroxyl groups is 1. The quantitative estimate of drug-likeness (QED) is 0.915. The molecule has 2 aliphatic heterocycles. The van der Waals surface area contributed by atoms with Gasteiger partial charge in [0.05, 0.1) is 11.7 Å². The van der Waals surface area contributed by atoms with Crippen LogP contribution in [0.25, 0.3) is 0 Å². The molecule has 5 nitrogen and oxygen atoms in total. The highest BCUT2D eigenvalue weighted by atomic mass is 16.3. The van der Waals surface area contributed by atoms with Crippen molar-refractivity contribution in [3.8, 4) is 5.75 Å². The van der Waals surface area contributed by atoms with Crippen molar-refractivity contribution in [2.75, 3.05) is 31.1 Å². The van der Waals surface area contributed by atoms with Gasteiger partial charge in [-0.05, 0) is 52.2 Å². The van der Waals surface area contributed by atoms with E-state index in [1.54, 1.807) is 6.07 Å². The highest BCUT2D eigenvalue weighted by molar-refractivity contribution is 5.82. The second kappa shape index (κ2) is 7.65. The number of anilines is 1. The normalized spacial score (nSPS) is 26.5. The number of carbonyl (C=O) groups is 1. The lowest BCUT2D eigenvalue weighted by Crippen LogP contribution is -2.58. The standard InChI is InChI=1S/C20H31N3O2/c1-15-7-6-8-16(2)23(15)20(25)17(3)21-11-13-22(14-12-21)18-9-4-5-10-19(18)24/h4-5,9-10,15-17,24H,6-8,11-14H2,1-3H3/t15-,16-,17+/m0/s1. The van der Waals surface area contributed by atoms with Crippen molar-refractivity contribution in [2.24, 2.45) is 0 Å². The molecule has 0 aromatic heterocycles. The van der Waals surface area contributed by atoms with E-state index in [2.05, 4.69) is 28.5 Å². The molecule has 1 aromatic carbocycles. The summed E-state index contributed by atoms with van der Waals surface area (Å²) in [6, 6.07) is 8.10. The van der Waals surface area contributed by atoms with Gasteiger partial charge in [0.15, 0.2) is 0 Å². The summed E-state index contributed by atoms with van der Waals surface area (Å²) in [5.74, 6) is 0.603. The molecule has 3 atom stereocenters. The fraction of sp³-hybridized carbons (Fsp3) is 0.650. The van der Waals surface area contributed by atoms with Gasteiger partial charge in [-0.25, -0.2) is 0 Å². The highest BCUT2D eigenvalue weighted by Crippen LogP contribution is 2.28. The summed E-state index contributed by atoms with van der Waals surface area (Å²) in [5.41, 5.74) is 0.888. The van der Waals surface area contributed by atoms with Crippen molar-refractivity contribution in [3.63, 3.8) is 0 Å². The van der Waals surface area contributed by atoms with Crippen LogP contribution in [-0.4, -0.2) is 65.1 Å². The number of nitrogens with zero attached hydrogens (tertiary/aromatic N) is 3. The molecule has 0 spiro atoms. The minimum Gasteiger partial charge on any atom is -0.506 e. The fourth-order valence-electron chi connectivity index (χ4n) is 4.31. The number of benzene rings is 1. The van der Waals surface area contributed by atoms with Crippen molar-refractivity contribution >= 4 is 11.6 Å². The van der Waals surface area contributed by atoms with E-state index in [-0.39, 0.29) is 11.9 Å². The van der Waals surface area contributed by atoms with E-state index >= 15 is 0 Å². The number of carbonyl (C=O) groups excluding carboxylic acids is 1. The van der Waals surface area contributed by atoms with Crippen LogP contribution in [0.3, 0.4) is 0 Å². The lowest BCUT2D eigenvalue weighted by Gasteiger charge is -2.44. The summed E-state index contributed by atoms with van der Waals surface area (Å²) in [5, 5.41) is 10.0. The predicted molar refractivity (Wildman–Crippen MR) is 101 cm³/mol. The topological polar surface area (TPSA) is 47.0 Å². The maximum absolute atomic E-state index is 13.1. The number of piperidine rings is 1. The van der Waals surface area contributed by atoms with Crippen LogP contribution in [0.4, 0.5) is 5.69 Å². The largest absolute Gasteiger partial charge is 0.506 e. The van der Waals surface area contributed by atoms with Gasteiger partial charge in [0.2, 0.25) is 5.91 Å². The van der Waals surface area contributed by atoms with Gasteiger partial charge in [0.1, 0.15) is 5.75 Å². The summed E-state index contributed by atoms with van der Waals surface area (Å²) in [6.45, 7) is 9.76. The third-order valence-corrected chi connectivity index (χ3v) is 5.89. The van der Waals surface area contributed by atoms with Crippen LogP contribution in [0.2, 0.25) is 0 Å². The molecule has 0 saturated carbocycles. The van der Waals surface area contributed by atoms with E-state index in [0.717, 1.165) is 44.7 Å². The number of amides is 1. The van der Waals surface area contributed by atoms with Gasteiger partial charge < -0.3 is 14.9 Å². The van der Waals surface area contributed by atoms with Crippen molar-refractivity contribution in [1.29, 1.82) is 0 Å². The van der Waals surface area contributed by atoms with Crippen LogP contribution in [0, 0.1) is 0 Å². The van der Waals surface area contributed by atoms with E-state index < -0.39 is 0 Å². The molecule has 3 rings (SSSR count). The first-order chi connectivity index (χ1) is 12.0. The first kappa shape index (κ1) is 18.1. The molecule has 2 saturated heterocycles. The molecule has 0 unspecified atom stereocenters. The zero-order chi connectivity index (χ0) is 18.0. The Kier molecular flexibility index (Phi) is 5.52. The van der Waals surface area contributed by atoms with E-state index in [9.17, 15) is 9.90 Å². The van der Waals surface area contributed by atoms with Gasteiger partial charge in [-0.1, -0.05) is 12.1 Å². The number of phenolic OH excluding ortho intramolecular Hbond substituents is 1. The molecule has 0 radical (unpaired) electrons. The SMILES string of the molecule is C[C@H](C(=O)N1[C@@H](C)CCC[C@@H]1C)N1CCN(c2ccccc2O)CC1.